The summed E-state index contributed by atoms with van der Waals surface area (Å²) in [5.74, 6) is 5.14. The van der Waals surface area contributed by atoms with Crippen molar-refractivity contribution < 1.29 is 4.39 Å². The number of nitrogens with zero attached hydrogens (tertiary/aromatic N) is 1. The van der Waals surface area contributed by atoms with Gasteiger partial charge in [-0.05, 0) is 43.2 Å². The number of benzene rings is 1. The normalized spacial score (nSPS) is 12.4. The van der Waals surface area contributed by atoms with Crippen LogP contribution in [0.15, 0.2) is 36.4 Å². The number of hydrazine groups is 1. The minimum Gasteiger partial charge on any atom is -0.271 e. The average Bonchev–Trinajstić information content (AvgIpc) is 2.40. The van der Waals surface area contributed by atoms with E-state index in [1.165, 1.54) is 6.07 Å². The van der Waals surface area contributed by atoms with Crippen LogP contribution in [0.3, 0.4) is 0 Å². The van der Waals surface area contributed by atoms with Crippen LogP contribution in [0.4, 0.5) is 4.39 Å². The van der Waals surface area contributed by atoms with Crippen LogP contribution in [0.5, 0.6) is 0 Å². The summed E-state index contributed by atoms with van der Waals surface area (Å²) in [5, 5.41) is 0.120. The molecule has 1 unspecified atom stereocenters. The Labute approximate surface area is 116 Å². The Hall–Kier alpha value is -1.49. The van der Waals surface area contributed by atoms with Gasteiger partial charge in [-0.3, -0.25) is 16.3 Å². The number of halogens is 2. The summed E-state index contributed by atoms with van der Waals surface area (Å²) in [5.41, 5.74) is 5.27. The fraction of sp³-hybridized carbons (Fsp3) is 0.214. The first-order valence-electron chi connectivity index (χ1n) is 5.94. The fourth-order valence-electron chi connectivity index (χ4n) is 1.91. The Balaban J connectivity index is 2.21. The quantitative estimate of drug-likeness (QED) is 0.668. The van der Waals surface area contributed by atoms with E-state index >= 15 is 0 Å². The van der Waals surface area contributed by atoms with E-state index in [1.807, 2.05) is 25.1 Å². The van der Waals surface area contributed by atoms with Gasteiger partial charge in [0, 0.05) is 5.69 Å². The summed E-state index contributed by atoms with van der Waals surface area (Å²) in [6, 6.07) is 10.3. The van der Waals surface area contributed by atoms with Crippen LogP contribution in [0.1, 0.15) is 23.0 Å². The third-order valence-electron chi connectivity index (χ3n) is 2.89. The van der Waals surface area contributed by atoms with E-state index in [2.05, 4.69) is 10.4 Å². The molecule has 0 amide bonds. The largest absolute Gasteiger partial charge is 0.271 e. The van der Waals surface area contributed by atoms with Crippen molar-refractivity contribution in [3.05, 3.63) is 64.2 Å². The van der Waals surface area contributed by atoms with Crippen molar-refractivity contribution in [3.63, 3.8) is 0 Å². The zero-order valence-corrected chi connectivity index (χ0v) is 11.3. The van der Waals surface area contributed by atoms with Gasteiger partial charge in [0.2, 0.25) is 0 Å². The monoisotopic (exact) mass is 279 g/mol. The number of nitrogens with two attached hydrogens (primary N) is 1. The molecule has 0 bridgehead atoms. The minimum atomic E-state index is -0.424. The summed E-state index contributed by atoms with van der Waals surface area (Å²) < 4.78 is 13.4. The van der Waals surface area contributed by atoms with Crippen molar-refractivity contribution in [2.75, 3.05) is 0 Å². The molecule has 0 fully saturated rings. The van der Waals surface area contributed by atoms with E-state index in [-0.39, 0.29) is 11.1 Å². The molecule has 2 aromatic rings. The highest BCUT2D eigenvalue weighted by atomic mass is 35.5. The molecule has 1 heterocycles. The molecule has 100 valence electrons. The third kappa shape index (κ3) is 3.50. The lowest BCUT2D eigenvalue weighted by Gasteiger charge is -2.16. The van der Waals surface area contributed by atoms with Gasteiger partial charge in [-0.25, -0.2) is 4.39 Å². The average molecular weight is 280 g/mol. The number of hydrogen-bond acceptors (Lipinski definition) is 3. The second-order valence-corrected chi connectivity index (χ2v) is 4.78. The van der Waals surface area contributed by atoms with Crippen molar-refractivity contribution >= 4 is 11.6 Å². The molecule has 5 heteroatoms. The van der Waals surface area contributed by atoms with E-state index in [0.717, 1.165) is 17.0 Å². The van der Waals surface area contributed by atoms with Crippen LogP contribution in [0, 0.1) is 12.7 Å². The smallest absolute Gasteiger partial charge is 0.142 e. The summed E-state index contributed by atoms with van der Waals surface area (Å²) in [4.78, 5) is 4.42. The van der Waals surface area contributed by atoms with Gasteiger partial charge in [0.05, 0.1) is 16.8 Å². The number of pyridine rings is 1. The van der Waals surface area contributed by atoms with E-state index in [1.54, 1.807) is 12.1 Å². The Morgan fingerprint density at radius 2 is 2.16 bits per heavy atom. The zero-order valence-electron chi connectivity index (χ0n) is 10.5. The van der Waals surface area contributed by atoms with Crippen LogP contribution in [0.25, 0.3) is 0 Å². The molecule has 1 aromatic carbocycles. The van der Waals surface area contributed by atoms with Gasteiger partial charge in [-0.15, -0.1) is 0 Å². The maximum atomic E-state index is 13.4. The molecular weight excluding hydrogens is 265 g/mol. The zero-order chi connectivity index (χ0) is 13.8. The van der Waals surface area contributed by atoms with Crippen LogP contribution >= 0.6 is 11.6 Å². The highest BCUT2D eigenvalue weighted by Crippen LogP contribution is 2.20. The maximum Gasteiger partial charge on any atom is 0.142 e. The van der Waals surface area contributed by atoms with Crippen LogP contribution < -0.4 is 11.3 Å². The highest BCUT2D eigenvalue weighted by Gasteiger charge is 2.13. The number of rotatable bonds is 4. The predicted molar refractivity (Wildman–Crippen MR) is 74.2 cm³/mol. The predicted octanol–water partition coefficient (Wildman–Crippen LogP) is 2.93. The first-order chi connectivity index (χ1) is 9.10. The molecule has 0 aliphatic rings. The highest BCUT2D eigenvalue weighted by molar-refractivity contribution is 6.30. The van der Waals surface area contributed by atoms with Gasteiger partial charge in [0.1, 0.15) is 5.82 Å². The van der Waals surface area contributed by atoms with E-state index in [4.69, 9.17) is 17.4 Å². The molecule has 3 N–H and O–H groups in total. The molecule has 0 saturated heterocycles. The Morgan fingerprint density at radius 3 is 2.79 bits per heavy atom. The van der Waals surface area contributed by atoms with Crippen molar-refractivity contribution in [2.45, 2.75) is 19.4 Å². The Morgan fingerprint density at radius 1 is 1.37 bits per heavy atom. The lowest BCUT2D eigenvalue weighted by Crippen LogP contribution is -2.30. The van der Waals surface area contributed by atoms with E-state index in [0.29, 0.717) is 6.42 Å². The Bertz CT molecular complexity index is 574. The van der Waals surface area contributed by atoms with Crippen LogP contribution in [-0.4, -0.2) is 4.98 Å². The van der Waals surface area contributed by atoms with Crippen molar-refractivity contribution in [1.29, 1.82) is 0 Å². The fourth-order valence-corrected chi connectivity index (χ4v) is 2.03. The summed E-state index contributed by atoms with van der Waals surface area (Å²) in [6.07, 6.45) is 0.543. The minimum absolute atomic E-state index is 0.120. The van der Waals surface area contributed by atoms with E-state index in [9.17, 15) is 4.39 Å². The van der Waals surface area contributed by atoms with Crippen molar-refractivity contribution in [3.8, 4) is 0 Å². The first-order valence-corrected chi connectivity index (χ1v) is 6.31. The van der Waals surface area contributed by atoms with E-state index < -0.39 is 5.82 Å². The van der Waals surface area contributed by atoms with Crippen molar-refractivity contribution in [2.24, 2.45) is 5.84 Å². The number of hydrogen-bond donors (Lipinski definition) is 2. The number of aromatic nitrogens is 1. The second-order valence-electron chi connectivity index (χ2n) is 4.38. The van der Waals surface area contributed by atoms with Crippen LogP contribution in [-0.2, 0) is 6.42 Å². The molecule has 1 aromatic heterocycles. The number of nitrogens with one attached hydrogen (secondary N) is 1. The van der Waals surface area contributed by atoms with Crippen LogP contribution in [0.2, 0.25) is 5.02 Å². The lowest BCUT2D eigenvalue weighted by atomic mass is 10.0. The van der Waals surface area contributed by atoms with Gasteiger partial charge in [-0.2, -0.15) is 0 Å². The van der Waals surface area contributed by atoms with Gasteiger partial charge < -0.3 is 0 Å². The molecule has 3 nitrogen and oxygen atoms in total. The van der Waals surface area contributed by atoms with Gasteiger partial charge in [-0.1, -0.05) is 23.7 Å². The topological polar surface area (TPSA) is 50.9 Å². The molecule has 0 spiro atoms. The molecule has 0 aliphatic heterocycles. The molecule has 1 atom stereocenters. The van der Waals surface area contributed by atoms with Gasteiger partial charge in [0.25, 0.3) is 0 Å². The first kappa shape index (κ1) is 13.9. The molecular formula is C14H15ClFN3. The summed E-state index contributed by atoms with van der Waals surface area (Å²) in [6.45, 7) is 1.92. The SMILES string of the molecule is Cc1cccc(C(Cc2ccc(Cl)c(F)c2)NN)n1. The Kier molecular flexibility index (Phi) is 4.47. The molecule has 0 aliphatic carbocycles. The maximum absolute atomic E-state index is 13.4. The summed E-state index contributed by atoms with van der Waals surface area (Å²) in [7, 11) is 0. The number of aryl methyl sites for hydroxylation is 1. The molecule has 0 radical (unpaired) electrons. The standard InChI is InChI=1S/C14H15ClFN3/c1-9-3-2-4-13(18-9)14(19-17)8-10-5-6-11(15)12(16)7-10/h2-7,14,19H,8,17H2,1H3. The molecule has 2 rings (SSSR count). The molecule has 19 heavy (non-hydrogen) atoms. The van der Waals surface area contributed by atoms with Crippen molar-refractivity contribution in [1.82, 2.24) is 10.4 Å². The second kappa shape index (κ2) is 6.10. The lowest BCUT2D eigenvalue weighted by molar-refractivity contribution is 0.534. The van der Waals surface area contributed by atoms with Gasteiger partial charge in [0.15, 0.2) is 0 Å². The summed E-state index contributed by atoms with van der Waals surface area (Å²) >= 11 is 5.66. The third-order valence-corrected chi connectivity index (χ3v) is 3.20. The van der Waals surface area contributed by atoms with Gasteiger partial charge >= 0.3 is 0 Å². The molecule has 0 saturated carbocycles.